The summed E-state index contributed by atoms with van der Waals surface area (Å²) in [6, 6.07) is 3.44. The van der Waals surface area contributed by atoms with Crippen molar-refractivity contribution in [1.29, 1.82) is 0 Å². The minimum atomic E-state index is -4.51. The molecule has 1 unspecified atom stereocenters. The summed E-state index contributed by atoms with van der Waals surface area (Å²) in [6.07, 6.45) is -1.62. The molecule has 0 spiro atoms. The SMILES string of the molecule is Cc1nc2c(N3C[C@@H](CO)N(C(c4ccc(C(F)(F)F)cc4)C4CC(F)(F)C4)C[C@@H]3C)nc3nncn3c2n1C[C@@H]1CCCO1. The largest absolute Gasteiger partial charge is 0.416 e. The van der Waals surface area contributed by atoms with Crippen LogP contribution in [-0.2, 0) is 17.5 Å². The first-order valence-corrected chi connectivity index (χ1v) is 15.3. The molecule has 4 aromatic rings. The second-order valence-corrected chi connectivity index (χ2v) is 12.6. The van der Waals surface area contributed by atoms with Crippen LogP contribution in [-0.4, -0.2) is 89.6 Å². The molecule has 1 aromatic carbocycles. The standard InChI is InChI=1S/C30H35F5N8O2/c1-17-12-42(25(20-10-29(31,32)11-20)19-5-7-21(8-6-19)30(33,34)35)22(15-44)13-40(17)26-24-27(43-16-36-39-28(43)38-26)41(18(2)37-24)14-23-4-3-9-45-23/h5-8,16-17,20,22-23,25,44H,3-4,9-15H2,1-2H3/t17-,22-,23-,25?/m0/s1. The molecule has 5 heterocycles. The lowest BCUT2D eigenvalue weighted by molar-refractivity contribution is -0.139. The summed E-state index contributed by atoms with van der Waals surface area (Å²) in [5.74, 6) is -1.55. The number of anilines is 1. The number of aliphatic hydroxyl groups is 1. The molecule has 0 amide bonds. The molecule has 1 saturated carbocycles. The lowest BCUT2D eigenvalue weighted by atomic mass is 9.73. The van der Waals surface area contributed by atoms with Crippen molar-refractivity contribution in [3.8, 4) is 0 Å². The predicted molar refractivity (Wildman–Crippen MR) is 154 cm³/mol. The van der Waals surface area contributed by atoms with Crippen LogP contribution >= 0.6 is 0 Å². The van der Waals surface area contributed by atoms with Crippen molar-refractivity contribution in [1.82, 2.24) is 34.0 Å². The number of hydrogen-bond acceptors (Lipinski definition) is 8. The van der Waals surface area contributed by atoms with E-state index < -0.39 is 35.7 Å². The van der Waals surface area contributed by atoms with E-state index in [2.05, 4.69) is 19.7 Å². The molecule has 4 atom stereocenters. The van der Waals surface area contributed by atoms with E-state index in [0.29, 0.717) is 42.3 Å². The van der Waals surface area contributed by atoms with E-state index in [9.17, 15) is 27.1 Å². The molecule has 2 aliphatic heterocycles. The van der Waals surface area contributed by atoms with E-state index in [0.717, 1.165) is 43.1 Å². The number of ether oxygens (including phenoxy) is 1. The van der Waals surface area contributed by atoms with Gasteiger partial charge in [0.2, 0.25) is 5.92 Å². The van der Waals surface area contributed by atoms with Crippen LogP contribution < -0.4 is 4.90 Å². The summed E-state index contributed by atoms with van der Waals surface area (Å²) in [5.41, 5.74) is 1.15. The van der Waals surface area contributed by atoms with Gasteiger partial charge in [0.15, 0.2) is 11.5 Å². The Labute approximate surface area is 255 Å². The average molecular weight is 635 g/mol. The molecule has 7 rings (SSSR count). The maximum atomic E-state index is 14.1. The van der Waals surface area contributed by atoms with Gasteiger partial charge in [0.05, 0.1) is 30.9 Å². The molecule has 3 aliphatic rings. The minimum absolute atomic E-state index is 0.0616. The van der Waals surface area contributed by atoms with Crippen LogP contribution in [0.25, 0.3) is 16.9 Å². The molecule has 1 N–H and O–H groups in total. The quantitative estimate of drug-likeness (QED) is 0.294. The first-order valence-electron chi connectivity index (χ1n) is 15.3. The molecule has 15 heteroatoms. The first kappa shape index (κ1) is 30.2. The van der Waals surface area contributed by atoms with Crippen LogP contribution in [0.3, 0.4) is 0 Å². The molecule has 0 radical (unpaired) electrons. The third kappa shape index (κ3) is 5.42. The highest BCUT2D eigenvalue weighted by Crippen LogP contribution is 2.51. The fourth-order valence-electron chi connectivity index (χ4n) is 7.36. The summed E-state index contributed by atoms with van der Waals surface area (Å²) >= 11 is 0. The Bertz CT molecular complexity index is 1680. The number of halogens is 5. The number of nitrogens with zero attached hydrogens (tertiary/aromatic N) is 8. The Morgan fingerprint density at radius 1 is 1.11 bits per heavy atom. The molecular weight excluding hydrogens is 599 g/mol. The van der Waals surface area contributed by atoms with E-state index in [4.69, 9.17) is 14.7 Å². The molecule has 242 valence electrons. The number of alkyl halides is 5. The third-order valence-electron chi connectivity index (χ3n) is 9.59. The van der Waals surface area contributed by atoms with Gasteiger partial charge in [-0.1, -0.05) is 12.1 Å². The monoisotopic (exact) mass is 634 g/mol. The maximum Gasteiger partial charge on any atom is 0.416 e. The number of piperazine rings is 1. The van der Waals surface area contributed by atoms with E-state index in [1.165, 1.54) is 12.1 Å². The topological polar surface area (TPSA) is 96.8 Å². The van der Waals surface area contributed by atoms with Crippen LogP contribution in [0.15, 0.2) is 30.6 Å². The Morgan fingerprint density at radius 3 is 2.51 bits per heavy atom. The van der Waals surface area contributed by atoms with Gasteiger partial charge < -0.3 is 19.3 Å². The van der Waals surface area contributed by atoms with Gasteiger partial charge in [-0.2, -0.15) is 18.2 Å². The number of fused-ring (bicyclic) bond motifs is 3. The van der Waals surface area contributed by atoms with Gasteiger partial charge >= 0.3 is 6.18 Å². The van der Waals surface area contributed by atoms with Crippen LogP contribution in [0.4, 0.5) is 27.8 Å². The number of benzene rings is 1. The predicted octanol–water partition coefficient (Wildman–Crippen LogP) is 4.64. The smallest absolute Gasteiger partial charge is 0.395 e. The maximum absolute atomic E-state index is 14.1. The molecule has 2 saturated heterocycles. The van der Waals surface area contributed by atoms with Gasteiger partial charge in [-0.15, -0.1) is 10.2 Å². The zero-order valence-electron chi connectivity index (χ0n) is 25.0. The van der Waals surface area contributed by atoms with E-state index >= 15 is 0 Å². The van der Waals surface area contributed by atoms with Crippen LogP contribution in [0.5, 0.6) is 0 Å². The second-order valence-electron chi connectivity index (χ2n) is 12.6. The van der Waals surface area contributed by atoms with Crippen molar-refractivity contribution >= 4 is 22.8 Å². The van der Waals surface area contributed by atoms with Crippen molar-refractivity contribution < 1.29 is 31.8 Å². The summed E-state index contributed by atoms with van der Waals surface area (Å²) in [7, 11) is 0. The lowest BCUT2D eigenvalue weighted by Gasteiger charge is -2.52. The zero-order valence-corrected chi connectivity index (χ0v) is 25.0. The highest BCUT2D eigenvalue weighted by Gasteiger charge is 2.52. The summed E-state index contributed by atoms with van der Waals surface area (Å²) < 4.78 is 78.0. The number of imidazole rings is 1. The summed E-state index contributed by atoms with van der Waals surface area (Å²) in [4.78, 5) is 13.8. The molecule has 10 nitrogen and oxygen atoms in total. The highest BCUT2D eigenvalue weighted by molar-refractivity contribution is 5.87. The Kier molecular flexibility index (Phi) is 7.47. The molecule has 1 aliphatic carbocycles. The molecular formula is C30H35F5N8O2. The van der Waals surface area contributed by atoms with Crippen molar-refractivity contribution in [3.05, 3.63) is 47.5 Å². The molecule has 3 aromatic heterocycles. The molecule has 3 fully saturated rings. The van der Waals surface area contributed by atoms with E-state index in [1.807, 2.05) is 18.7 Å². The number of aromatic nitrogens is 6. The van der Waals surface area contributed by atoms with Crippen molar-refractivity contribution in [2.75, 3.05) is 31.2 Å². The van der Waals surface area contributed by atoms with Crippen molar-refractivity contribution in [2.24, 2.45) is 5.92 Å². The van der Waals surface area contributed by atoms with Gasteiger partial charge in [-0.3, -0.25) is 4.90 Å². The second kappa shape index (κ2) is 11.1. The third-order valence-corrected chi connectivity index (χ3v) is 9.59. The summed E-state index contributed by atoms with van der Waals surface area (Å²) in [6.45, 7) is 5.61. The number of aliphatic hydroxyl groups excluding tert-OH is 1. The van der Waals surface area contributed by atoms with Gasteiger partial charge in [0.1, 0.15) is 17.7 Å². The van der Waals surface area contributed by atoms with Gasteiger partial charge in [-0.25, -0.2) is 18.2 Å². The van der Waals surface area contributed by atoms with Crippen LogP contribution in [0, 0.1) is 12.8 Å². The number of hydrogen-bond donors (Lipinski definition) is 1. The highest BCUT2D eigenvalue weighted by atomic mass is 19.4. The van der Waals surface area contributed by atoms with Gasteiger partial charge in [0, 0.05) is 44.6 Å². The first-order chi connectivity index (χ1) is 21.4. The average Bonchev–Trinajstić information content (AvgIpc) is 3.73. The fourth-order valence-corrected chi connectivity index (χ4v) is 7.36. The normalized spacial score (nSPS) is 25.3. The summed E-state index contributed by atoms with van der Waals surface area (Å²) in [5, 5.41) is 19.0. The van der Waals surface area contributed by atoms with Crippen LogP contribution in [0.1, 0.15) is 55.6 Å². The Hall–Kier alpha value is -3.43. The Balaban J connectivity index is 1.24. The molecule has 45 heavy (non-hydrogen) atoms. The van der Waals surface area contributed by atoms with E-state index in [1.54, 1.807) is 10.7 Å². The van der Waals surface area contributed by atoms with E-state index in [-0.39, 0.29) is 31.6 Å². The van der Waals surface area contributed by atoms with Gasteiger partial charge in [0.25, 0.3) is 5.78 Å². The van der Waals surface area contributed by atoms with Crippen molar-refractivity contribution in [2.45, 2.75) is 82.4 Å². The lowest BCUT2D eigenvalue weighted by Crippen LogP contribution is -2.61. The minimum Gasteiger partial charge on any atom is -0.395 e. The van der Waals surface area contributed by atoms with Crippen LogP contribution in [0.2, 0.25) is 0 Å². The number of rotatable bonds is 7. The van der Waals surface area contributed by atoms with Crippen molar-refractivity contribution in [3.63, 3.8) is 0 Å². The molecule has 0 bridgehead atoms. The zero-order chi connectivity index (χ0) is 31.7. The number of aryl methyl sites for hydroxylation is 1. The van der Waals surface area contributed by atoms with Gasteiger partial charge in [-0.05, 0) is 50.3 Å². The Morgan fingerprint density at radius 2 is 1.87 bits per heavy atom. The fraction of sp³-hybridized carbons (Fsp3) is 0.600.